The maximum Gasteiger partial charge on any atom is 0.460 e. The summed E-state index contributed by atoms with van der Waals surface area (Å²) in [5.74, 6) is -53.8. The van der Waals surface area contributed by atoms with E-state index < -0.39 is 95.5 Å². The molecule has 254 valence electrons. The van der Waals surface area contributed by atoms with Crippen LogP contribution in [0.2, 0.25) is 5.02 Å². The summed E-state index contributed by atoms with van der Waals surface area (Å²) in [5, 5.41) is 8.83. The summed E-state index contributed by atoms with van der Waals surface area (Å²) >= 11 is 6.01. The molecule has 2 bridgehead atoms. The van der Waals surface area contributed by atoms with Crippen molar-refractivity contribution in [3.63, 3.8) is 0 Å². The lowest BCUT2D eigenvalue weighted by atomic mass is 9.90. The Morgan fingerprint density at radius 3 is 1.85 bits per heavy atom. The normalized spacial score (nSPS) is 23.0. The van der Waals surface area contributed by atoms with Crippen molar-refractivity contribution in [1.82, 2.24) is 9.80 Å². The summed E-state index contributed by atoms with van der Waals surface area (Å²) in [6.45, 7) is -0.0183. The van der Waals surface area contributed by atoms with Gasteiger partial charge in [0.1, 0.15) is 12.1 Å². The first-order chi connectivity index (χ1) is 20.6. The maximum absolute atomic E-state index is 14.7. The molecule has 0 N–H and O–H groups in total. The molecule has 46 heavy (non-hydrogen) atoms. The summed E-state index contributed by atoms with van der Waals surface area (Å²) in [4.78, 5) is 39.4. The molecule has 3 aliphatic rings. The van der Waals surface area contributed by atoms with Crippen LogP contribution in [0.5, 0.6) is 0 Å². The summed E-state index contributed by atoms with van der Waals surface area (Å²) < 4.78 is 204. The van der Waals surface area contributed by atoms with Crippen LogP contribution in [0, 0.1) is 18.3 Å². The number of alkyl halides is 15. The lowest BCUT2D eigenvalue weighted by molar-refractivity contribution is -0.450. The highest BCUT2D eigenvalue weighted by Gasteiger charge is 2.94. The minimum Gasteiger partial charge on any atom is -0.330 e. The Balaban J connectivity index is 1.67. The van der Waals surface area contributed by atoms with E-state index in [1.54, 1.807) is 6.07 Å². The number of halogens is 16. The molecule has 3 saturated heterocycles. The second-order valence-electron chi connectivity index (χ2n) is 10.3. The molecule has 0 aromatic heterocycles. The number of nitriles is 1. The first kappa shape index (κ1) is 35.2. The Morgan fingerprint density at radius 1 is 0.848 bits per heavy atom. The number of carbonyl (C=O) groups excluding carboxylic acids is 3. The monoisotopic (exact) mass is 712 g/mol. The second-order valence-corrected chi connectivity index (χ2v) is 10.7. The average Bonchev–Trinajstić information content (AvgIpc) is 3.60. The zero-order chi connectivity index (χ0) is 35.5. The minimum absolute atomic E-state index is 0.0499. The highest BCUT2D eigenvalue weighted by atomic mass is 35.5. The molecular formula is C23H12ClF15N4O3. The zero-order valence-corrected chi connectivity index (χ0v) is 22.6. The number of amides is 4. The van der Waals surface area contributed by atoms with Crippen LogP contribution in [0.4, 0.5) is 76.3 Å². The number of nitrogens with zero attached hydrogens (tertiary/aromatic N) is 4. The van der Waals surface area contributed by atoms with Crippen molar-refractivity contribution in [2.45, 2.75) is 73.2 Å². The minimum atomic E-state index is -8.57. The maximum atomic E-state index is 14.7. The molecule has 3 aliphatic heterocycles. The standard InChI is InChI=1S/C23H12ClF15N4O3/c1-7-10(3-2-8(5-40)12(7)24)43-14(44)13-11-4-9(42(13)16(43)46)6-41(11)15(45)17(25,26)18(27,28)19(29,30)20(31,32)21(33,34)22(35,36)23(37,38)39/h2-3,9,11,13H,4,6H2,1H3. The van der Waals surface area contributed by atoms with Gasteiger partial charge in [0.25, 0.3) is 11.8 Å². The Morgan fingerprint density at radius 2 is 1.35 bits per heavy atom. The van der Waals surface area contributed by atoms with Crippen LogP contribution in [0.3, 0.4) is 0 Å². The first-order valence-electron chi connectivity index (χ1n) is 12.1. The number of piperazine rings is 1. The highest BCUT2D eigenvalue weighted by molar-refractivity contribution is 6.33. The van der Waals surface area contributed by atoms with Crippen LogP contribution in [-0.4, -0.2) is 94.0 Å². The van der Waals surface area contributed by atoms with Gasteiger partial charge in [-0.05, 0) is 31.0 Å². The van der Waals surface area contributed by atoms with Crippen molar-refractivity contribution in [2.24, 2.45) is 0 Å². The zero-order valence-electron chi connectivity index (χ0n) is 21.9. The number of carbonyl (C=O) groups is 3. The predicted octanol–water partition coefficient (Wildman–Crippen LogP) is 6.01. The first-order valence-corrected chi connectivity index (χ1v) is 12.5. The van der Waals surface area contributed by atoms with Gasteiger partial charge in [-0.15, -0.1) is 0 Å². The Bertz CT molecular complexity index is 1560. The third-order valence-corrected chi connectivity index (χ3v) is 8.33. The van der Waals surface area contributed by atoms with Crippen LogP contribution < -0.4 is 4.90 Å². The molecule has 3 fully saturated rings. The molecule has 0 aliphatic carbocycles. The predicted molar refractivity (Wildman–Crippen MR) is 119 cm³/mol. The van der Waals surface area contributed by atoms with Gasteiger partial charge in [-0.25, -0.2) is 9.69 Å². The smallest absolute Gasteiger partial charge is 0.330 e. The fourth-order valence-electron chi connectivity index (χ4n) is 5.40. The van der Waals surface area contributed by atoms with E-state index in [-0.39, 0.29) is 21.8 Å². The number of hydrogen-bond acceptors (Lipinski definition) is 4. The van der Waals surface area contributed by atoms with Crippen molar-refractivity contribution in [2.75, 3.05) is 11.4 Å². The van der Waals surface area contributed by atoms with Crippen LogP contribution in [-0.2, 0) is 9.59 Å². The number of benzene rings is 1. The topological polar surface area (TPSA) is 84.7 Å². The van der Waals surface area contributed by atoms with Gasteiger partial charge in [0.2, 0.25) is 0 Å². The number of rotatable bonds is 7. The lowest BCUT2D eigenvalue weighted by Gasteiger charge is -2.42. The van der Waals surface area contributed by atoms with Crippen molar-refractivity contribution >= 4 is 35.1 Å². The molecule has 0 spiro atoms. The Kier molecular flexibility index (Phi) is 7.60. The van der Waals surface area contributed by atoms with Crippen LogP contribution in [0.25, 0.3) is 0 Å². The van der Waals surface area contributed by atoms with E-state index in [2.05, 4.69) is 0 Å². The van der Waals surface area contributed by atoms with Gasteiger partial charge in [0.05, 0.1) is 28.4 Å². The molecule has 3 atom stereocenters. The third-order valence-electron chi connectivity index (χ3n) is 7.84. The molecule has 7 nitrogen and oxygen atoms in total. The molecule has 3 unspecified atom stereocenters. The van der Waals surface area contributed by atoms with Gasteiger partial charge in [-0.1, -0.05) is 11.6 Å². The van der Waals surface area contributed by atoms with Crippen molar-refractivity contribution < 1.29 is 80.2 Å². The van der Waals surface area contributed by atoms with Crippen molar-refractivity contribution in [3.05, 3.63) is 28.3 Å². The summed E-state index contributed by atoms with van der Waals surface area (Å²) in [6, 6.07) is -2.92. The van der Waals surface area contributed by atoms with E-state index in [4.69, 9.17) is 16.9 Å². The van der Waals surface area contributed by atoms with E-state index in [0.717, 1.165) is 12.1 Å². The summed E-state index contributed by atoms with van der Waals surface area (Å²) in [6.07, 6.45) is -8.44. The van der Waals surface area contributed by atoms with E-state index >= 15 is 0 Å². The largest absolute Gasteiger partial charge is 0.460 e. The molecular weight excluding hydrogens is 701 g/mol. The summed E-state index contributed by atoms with van der Waals surface area (Å²) in [7, 11) is 0. The van der Waals surface area contributed by atoms with Gasteiger partial charge in [0.15, 0.2) is 0 Å². The molecule has 4 rings (SSSR count). The number of urea groups is 1. The number of hydrogen-bond donors (Lipinski definition) is 0. The van der Waals surface area contributed by atoms with E-state index in [1.165, 1.54) is 6.92 Å². The van der Waals surface area contributed by atoms with Crippen molar-refractivity contribution in [3.8, 4) is 6.07 Å². The molecule has 23 heteroatoms. The SMILES string of the molecule is Cc1c(N2C(=O)C3C4CC(CN4C(=O)C(F)(F)C(F)(F)C(F)(F)C(F)(F)C(F)(F)C(F)(F)C(F)(F)F)N3C2=O)ccc(C#N)c1Cl. The molecule has 1 aromatic rings. The summed E-state index contributed by atoms with van der Waals surface area (Å²) in [5.41, 5.74) is -0.447. The number of likely N-dealkylation sites (tertiary alicyclic amines) is 1. The second kappa shape index (κ2) is 9.93. The quantitative estimate of drug-likeness (QED) is 0.256. The fraction of sp³-hybridized carbons (Fsp3) is 0.565. The van der Waals surface area contributed by atoms with Crippen molar-refractivity contribution in [1.29, 1.82) is 5.26 Å². The van der Waals surface area contributed by atoms with Gasteiger partial charge in [-0.2, -0.15) is 71.1 Å². The number of anilines is 1. The Hall–Kier alpha value is -3.64. The molecule has 0 saturated carbocycles. The third kappa shape index (κ3) is 4.11. The van der Waals surface area contributed by atoms with E-state index in [1.807, 2.05) is 0 Å². The van der Waals surface area contributed by atoms with Gasteiger partial charge < -0.3 is 9.80 Å². The van der Waals surface area contributed by atoms with Gasteiger partial charge >= 0.3 is 47.7 Å². The van der Waals surface area contributed by atoms with Gasteiger partial charge in [-0.3, -0.25) is 9.59 Å². The van der Waals surface area contributed by atoms with Gasteiger partial charge in [0, 0.05) is 6.54 Å². The molecule has 0 radical (unpaired) electrons. The van der Waals surface area contributed by atoms with Crippen LogP contribution in [0.1, 0.15) is 17.5 Å². The average molecular weight is 713 g/mol. The number of fused-ring (bicyclic) bond motifs is 5. The lowest BCUT2D eigenvalue weighted by Crippen LogP contribution is -2.74. The fourth-order valence-corrected chi connectivity index (χ4v) is 5.60. The molecule has 4 amide bonds. The molecule has 1 aromatic carbocycles. The van der Waals surface area contributed by atoms with E-state index in [9.17, 15) is 80.2 Å². The Labute approximate surface area is 250 Å². The van der Waals surface area contributed by atoms with Crippen LogP contribution >= 0.6 is 11.6 Å². The highest BCUT2D eigenvalue weighted by Crippen LogP contribution is 2.62. The number of imide groups is 1. The van der Waals surface area contributed by atoms with E-state index in [0.29, 0.717) is 9.80 Å². The molecule has 3 heterocycles. The van der Waals surface area contributed by atoms with Crippen LogP contribution in [0.15, 0.2) is 12.1 Å².